The van der Waals surface area contributed by atoms with E-state index in [1.54, 1.807) is 24.3 Å². The van der Waals surface area contributed by atoms with E-state index in [1.165, 1.54) is 17.8 Å². The first-order valence-electron chi connectivity index (χ1n) is 8.36. The lowest BCUT2D eigenvalue weighted by molar-refractivity contribution is -0.142. The molecular weight excluding hydrogens is 453 g/mol. The van der Waals surface area contributed by atoms with Gasteiger partial charge in [-0.3, -0.25) is 9.48 Å². The second-order valence-corrected chi connectivity index (χ2v) is 6.83. The number of benzene rings is 1. The molecule has 0 spiro atoms. The molecule has 11 heteroatoms. The fraction of sp³-hybridized carbons (Fsp3) is 0.222. The van der Waals surface area contributed by atoms with Crippen molar-refractivity contribution >= 4 is 27.7 Å². The molecule has 1 aromatic carbocycles. The number of para-hydroxylation sites is 1. The maximum absolute atomic E-state index is 13.0. The number of aryl methyl sites for hydroxylation is 1. The first-order valence-corrected chi connectivity index (χ1v) is 9.15. The average Bonchev–Trinajstić information content (AvgIpc) is 3.22. The summed E-state index contributed by atoms with van der Waals surface area (Å²) >= 11 is 2.90. The Labute approximate surface area is 171 Å². The van der Waals surface area contributed by atoms with Gasteiger partial charge in [0.15, 0.2) is 11.5 Å². The number of anilines is 1. The number of hydrogen-bond donors (Lipinski definition) is 1. The van der Waals surface area contributed by atoms with E-state index < -0.39 is 17.8 Å². The molecular formula is C18H14BrF3N6O. The molecule has 7 nitrogen and oxygen atoms in total. The Balaban J connectivity index is 1.76. The Morgan fingerprint density at radius 3 is 2.59 bits per heavy atom. The van der Waals surface area contributed by atoms with E-state index in [0.717, 1.165) is 4.68 Å². The Hall–Kier alpha value is -3.13. The smallest absolute Gasteiger partial charge is 0.309 e. The van der Waals surface area contributed by atoms with Gasteiger partial charge in [0.25, 0.3) is 0 Å². The first kappa shape index (κ1) is 20.6. The second kappa shape index (κ2) is 8.08. The monoisotopic (exact) mass is 466 g/mol. The summed E-state index contributed by atoms with van der Waals surface area (Å²) in [6.07, 6.45) is -3.41. The highest BCUT2D eigenvalue weighted by Gasteiger charge is 2.37. The molecule has 0 saturated carbocycles. The molecule has 3 aromatic rings. The van der Waals surface area contributed by atoms with Crippen molar-refractivity contribution in [3.8, 4) is 11.8 Å². The molecule has 2 heterocycles. The van der Waals surface area contributed by atoms with E-state index in [4.69, 9.17) is 0 Å². The summed E-state index contributed by atoms with van der Waals surface area (Å²) < 4.78 is 41.2. The number of carbonyl (C=O) groups is 1. The molecule has 0 radical (unpaired) electrons. The van der Waals surface area contributed by atoms with Crippen LogP contribution in [0.1, 0.15) is 23.4 Å². The number of aromatic nitrogens is 4. The van der Waals surface area contributed by atoms with Crippen molar-refractivity contribution in [2.45, 2.75) is 26.1 Å². The Kier molecular flexibility index (Phi) is 5.74. The number of carbonyl (C=O) groups excluding carboxylic acids is 1. The van der Waals surface area contributed by atoms with Crippen molar-refractivity contribution in [3.05, 3.63) is 58.0 Å². The van der Waals surface area contributed by atoms with E-state index in [-0.39, 0.29) is 34.5 Å². The van der Waals surface area contributed by atoms with Gasteiger partial charge in [-0.1, -0.05) is 18.2 Å². The van der Waals surface area contributed by atoms with Gasteiger partial charge >= 0.3 is 6.18 Å². The number of nitriles is 1. The normalized spacial score (nSPS) is 11.3. The van der Waals surface area contributed by atoms with Crippen LogP contribution in [0.15, 0.2) is 41.0 Å². The van der Waals surface area contributed by atoms with Gasteiger partial charge in [0.1, 0.15) is 11.6 Å². The first-order chi connectivity index (χ1) is 13.7. The molecule has 0 unspecified atom stereocenters. The average molecular weight is 467 g/mol. The highest BCUT2D eigenvalue weighted by Crippen LogP contribution is 2.35. The third-order valence-electron chi connectivity index (χ3n) is 4.10. The molecule has 0 aliphatic carbocycles. The van der Waals surface area contributed by atoms with Crippen molar-refractivity contribution in [1.29, 1.82) is 5.26 Å². The number of rotatable bonds is 5. The maximum atomic E-state index is 13.0. The number of alkyl halides is 3. The van der Waals surface area contributed by atoms with Crippen molar-refractivity contribution in [2.24, 2.45) is 0 Å². The van der Waals surface area contributed by atoms with Crippen molar-refractivity contribution in [3.63, 3.8) is 0 Å². The van der Waals surface area contributed by atoms with E-state index in [0.29, 0.717) is 5.69 Å². The van der Waals surface area contributed by atoms with Gasteiger partial charge in [0.05, 0.1) is 28.6 Å². The highest BCUT2D eigenvalue weighted by molar-refractivity contribution is 9.10. The van der Waals surface area contributed by atoms with Crippen LogP contribution in [0.4, 0.5) is 19.0 Å². The fourth-order valence-corrected chi connectivity index (χ4v) is 3.15. The van der Waals surface area contributed by atoms with Crippen LogP contribution in [0.25, 0.3) is 5.69 Å². The number of hydrogen-bond acceptors (Lipinski definition) is 4. The van der Waals surface area contributed by atoms with Crippen LogP contribution < -0.4 is 5.32 Å². The third kappa shape index (κ3) is 4.32. The number of amides is 1. The summed E-state index contributed by atoms with van der Waals surface area (Å²) in [6, 6.07) is 10.9. The lowest BCUT2D eigenvalue weighted by Crippen LogP contribution is -2.18. The van der Waals surface area contributed by atoms with Gasteiger partial charge in [-0.2, -0.15) is 28.6 Å². The zero-order chi connectivity index (χ0) is 21.2. The zero-order valence-corrected chi connectivity index (χ0v) is 16.6. The molecule has 1 N–H and O–H groups in total. The Morgan fingerprint density at radius 1 is 1.31 bits per heavy atom. The minimum atomic E-state index is -4.60. The topological polar surface area (TPSA) is 88.5 Å². The minimum absolute atomic E-state index is 0.0618. The molecule has 150 valence electrons. The van der Waals surface area contributed by atoms with Gasteiger partial charge in [0.2, 0.25) is 5.91 Å². The summed E-state index contributed by atoms with van der Waals surface area (Å²) in [6.45, 7) is 1.41. The maximum Gasteiger partial charge on any atom is 0.436 e. The highest BCUT2D eigenvalue weighted by atomic mass is 79.9. The van der Waals surface area contributed by atoms with Crippen LogP contribution in [-0.4, -0.2) is 25.5 Å². The molecule has 0 bridgehead atoms. The third-order valence-corrected chi connectivity index (χ3v) is 5.05. The molecule has 1 amide bonds. The number of nitrogens with zero attached hydrogens (tertiary/aromatic N) is 5. The van der Waals surface area contributed by atoms with Crippen LogP contribution in [0.3, 0.4) is 0 Å². The molecule has 0 saturated heterocycles. The van der Waals surface area contributed by atoms with Crippen LogP contribution in [0.5, 0.6) is 0 Å². The van der Waals surface area contributed by atoms with Crippen molar-refractivity contribution in [1.82, 2.24) is 19.6 Å². The van der Waals surface area contributed by atoms with Gasteiger partial charge in [-0.05, 0) is 35.0 Å². The van der Waals surface area contributed by atoms with Gasteiger partial charge in [-0.15, -0.1) is 0 Å². The fourth-order valence-electron chi connectivity index (χ4n) is 2.64. The van der Waals surface area contributed by atoms with Gasteiger partial charge in [-0.25, -0.2) is 4.68 Å². The minimum Gasteiger partial charge on any atom is -0.309 e. The lowest BCUT2D eigenvalue weighted by atomic mass is 10.3. The SMILES string of the molecule is Cc1c(Br)c(C(F)(F)F)nn1CCC(=O)Nc1c(C#N)cnn1-c1ccccc1. The summed E-state index contributed by atoms with van der Waals surface area (Å²) in [5, 5.41) is 19.5. The summed E-state index contributed by atoms with van der Waals surface area (Å²) in [4.78, 5) is 12.4. The van der Waals surface area contributed by atoms with Gasteiger partial charge < -0.3 is 5.32 Å². The largest absolute Gasteiger partial charge is 0.436 e. The van der Waals surface area contributed by atoms with E-state index in [2.05, 4.69) is 31.4 Å². The lowest BCUT2D eigenvalue weighted by Gasteiger charge is -2.10. The van der Waals surface area contributed by atoms with E-state index in [1.807, 2.05) is 12.1 Å². The predicted octanol–water partition coefficient (Wildman–Crippen LogP) is 4.06. The summed E-state index contributed by atoms with van der Waals surface area (Å²) in [7, 11) is 0. The molecule has 29 heavy (non-hydrogen) atoms. The molecule has 0 fully saturated rings. The van der Waals surface area contributed by atoms with Crippen LogP contribution >= 0.6 is 15.9 Å². The van der Waals surface area contributed by atoms with E-state index >= 15 is 0 Å². The quantitative estimate of drug-likeness (QED) is 0.613. The van der Waals surface area contributed by atoms with Gasteiger partial charge in [0, 0.05) is 6.42 Å². The molecule has 0 aliphatic rings. The van der Waals surface area contributed by atoms with Crippen molar-refractivity contribution < 1.29 is 18.0 Å². The standard InChI is InChI=1S/C18H14BrF3N6O/c1-11-15(19)16(18(20,21)22)26-27(11)8-7-14(29)25-17-12(9-23)10-24-28(17)13-5-3-2-4-6-13/h2-6,10H,7-8H2,1H3,(H,25,29). The molecule has 3 rings (SSSR count). The summed E-state index contributed by atoms with van der Waals surface area (Å²) in [5.74, 6) is -0.295. The van der Waals surface area contributed by atoms with Crippen LogP contribution in [0.2, 0.25) is 0 Å². The Bertz CT molecular complexity index is 1080. The second-order valence-electron chi connectivity index (χ2n) is 6.03. The molecule has 0 atom stereocenters. The van der Waals surface area contributed by atoms with Crippen LogP contribution in [0, 0.1) is 18.3 Å². The predicted molar refractivity (Wildman–Crippen MR) is 101 cm³/mol. The number of halogens is 4. The number of nitrogens with one attached hydrogen (secondary N) is 1. The van der Waals surface area contributed by atoms with Crippen LogP contribution in [-0.2, 0) is 17.5 Å². The molecule has 2 aromatic heterocycles. The zero-order valence-electron chi connectivity index (χ0n) is 15.0. The summed E-state index contributed by atoms with van der Waals surface area (Å²) in [5.41, 5.74) is 0.0343. The van der Waals surface area contributed by atoms with E-state index in [9.17, 15) is 23.2 Å². The Morgan fingerprint density at radius 2 is 2.00 bits per heavy atom. The molecule has 0 aliphatic heterocycles. The van der Waals surface area contributed by atoms with Crippen molar-refractivity contribution in [2.75, 3.05) is 5.32 Å².